The lowest BCUT2D eigenvalue weighted by Gasteiger charge is -2.04. The molecule has 0 aliphatic carbocycles. The number of nitriles is 1. The van der Waals surface area contributed by atoms with Crippen molar-refractivity contribution in [2.45, 2.75) is 6.54 Å². The third-order valence-electron chi connectivity index (χ3n) is 4.00. The smallest absolute Gasteiger partial charge is 0.270 e. The molecule has 0 bridgehead atoms. The number of rotatable bonds is 6. The minimum Gasteiger partial charge on any atom is -0.457 e. The maximum absolute atomic E-state index is 12.3. The monoisotopic (exact) mass is 407 g/mol. The second-order valence-corrected chi connectivity index (χ2v) is 6.37. The molecule has 0 saturated carbocycles. The summed E-state index contributed by atoms with van der Waals surface area (Å²) in [6.07, 6.45) is 1.30. The molecule has 0 spiro atoms. The zero-order chi connectivity index (χ0) is 20.8. The minimum absolute atomic E-state index is 0.129. The van der Waals surface area contributed by atoms with E-state index in [1.54, 1.807) is 12.1 Å². The number of nitro groups is 1. The Bertz CT molecular complexity index is 1130. The molecule has 1 aromatic heterocycles. The highest BCUT2D eigenvalue weighted by Gasteiger charge is 2.15. The molecule has 3 rings (SSSR count). The summed E-state index contributed by atoms with van der Waals surface area (Å²) in [4.78, 5) is 22.7. The number of carbonyl (C=O) groups excluding carboxylic acids is 1. The van der Waals surface area contributed by atoms with Gasteiger partial charge in [0.1, 0.15) is 23.2 Å². The van der Waals surface area contributed by atoms with Gasteiger partial charge < -0.3 is 9.73 Å². The molecule has 8 heteroatoms. The van der Waals surface area contributed by atoms with Crippen molar-refractivity contribution < 1.29 is 14.1 Å². The van der Waals surface area contributed by atoms with Crippen molar-refractivity contribution in [2.24, 2.45) is 0 Å². The fourth-order valence-corrected chi connectivity index (χ4v) is 2.77. The highest BCUT2D eigenvalue weighted by molar-refractivity contribution is 6.33. The number of benzene rings is 2. The van der Waals surface area contributed by atoms with Gasteiger partial charge in [0, 0.05) is 30.3 Å². The van der Waals surface area contributed by atoms with E-state index in [1.807, 2.05) is 36.4 Å². The summed E-state index contributed by atoms with van der Waals surface area (Å²) in [5, 5.41) is 23.2. The number of hydrogen-bond donors (Lipinski definition) is 1. The second-order valence-electron chi connectivity index (χ2n) is 5.96. The molecule has 1 N–H and O–H groups in total. The van der Waals surface area contributed by atoms with Crippen LogP contribution in [0, 0.1) is 21.4 Å². The molecule has 29 heavy (non-hydrogen) atoms. The Kier molecular flexibility index (Phi) is 6.07. The zero-order valence-corrected chi connectivity index (χ0v) is 15.7. The molecular formula is C21H14ClN3O4. The van der Waals surface area contributed by atoms with Gasteiger partial charge in [-0.2, -0.15) is 5.26 Å². The van der Waals surface area contributed by atoms with Crippen LogP contribution < -0.4 is 5.32 Å². The largest absolute Gasteiger partial charge is 0.457 e. The van der Waals surface area contributed by atoms with Crippen molar-refractivity contribution in [3.05, 3.63) is 92.7 Å². The van der Waals surface area contributed by atoms with E-state index in [0.29, 0.717) is 5.56 Å². The number of nitro benzene ring substituents is 1. The summed E-state index contributed by atoms with van der Waals surface area (Å²) in [5.41, 5.74) is 0.981. The van der Waals surface area contributed by atoms with Crippen LogP contribution in [0.25, 0.3) is 17.4 Å². The normalized spacial score (nSPS) is 11.0. The number of amides is 1. The predicted octanol–water partition coefficient (Wildman–Crippen LogP) is 4.73. The minimum atomic E-state index is -0.539. The van der Waals surface area contributed by atoms with Crippen molar-refractivity contribution >= 4 is 29.3 Å². The maximum Gasteiger partial charge on any atom is 0.270 e. The first-order chi connectivity index (χ1) is 14.0. The highest BCUT2D eigenvalue weighted by atomic mass is 35.5. The number of furan rings is 1. The summed E-state index contributed by atoms with van der Waals surface area (Å²) in [6, 6.07) is 18.2. The third kappa shape index (κ3) is 4.89. The van der Waals surface area contributed by atoms with Crippen molar-refractivity contribution in [3.63, 3.8) is 0 Å². The van der Waals surface area contributed by atoms with Gasteiger partial charge in [-0.1, -0.05) is 41.9 Å². The van der Waals surface area contributed by atoms with Gasteiger partial charge in [0.15, 0.2) is 0 Å². The Morgan fingerprint density at radius 3 is 2.66 bits per heavy atom. The van der Waals surface area contributed by atoms with Crippen LogP contribution in [0.2, 0.25) is 5.02 Å². The van der Waals surface area contributed by atoms with Crippen LogP contribution in [0.3, 0.4) is 0 Å². The average molecular weight is 408 g/mol. The molecule has 144 valence electrons. The van der Waals surface area contributed by atoms with E-state index in [4.69, 9.17) is 16.0 Å². The van der Waals surface area contributed by atoms with Gasteiger partial charge >= 0.3 is 0 Å². The van der Waals surface area contributed by atoms with Crippen molar-refractivity contribution in [3.8, 4) is 17.4 Å². The van der Waals surface area contributed by atoms with Crippen LogP contribution in [0.5, 0.6) is 0 Å². The fourth-order valence-electron chi connectivity index (χ4n) is 2.56. The quantitative estimate of drug-likeness (QED) is 0.275. The van der Waals surface area contributed by atoms with Gasteiger partial charge in [-0.3, -0.25) is 14.9 Å². The van der Waals surface area contributed by atoms with Gasteiger partial charge in [0.05, 0.1) is 9.95 Å². The number of hydrogen-bond acceptors (Lipinski definition) is 5. The Balaban J connectivity index is 1.79. The van der Waals surface area contributed by atoms with E-state index in [0.717, 1.165) is 5.56 Å². The molecule has 0 atom stereocenters. The summed E-state index contributed by atoms with van der Waals surface area (Å²) in [7, 11) is 0. The predicted molar refractivity (Wildman–Crippen MR) is 108 cm³/mol. The maximum atomic E-state index is 12.3. The number of halogens is 1. The summed E-state index contributed by atoms with van der Waals surface area (Å²) >= 11 is 6.11. The van der Waals surface area contributed by atoms with Crippen molar-refractivity contribution in [2.75, 3.05) is 0 Å². The molecule has 0 aliphatic heterocycles. The van der Waals surface area contributed by atoms with E-state index in [9.17, 15) is 20.2 Å². The summed E-state index contributed by atoms with van der Waals surface area (Å²) < 4.78 is 5.62. The van der Waals surface area contributed by atoms with Gasteiger partial charge in [-0.05, 0) is 23.8 Å². The topological polar surface area (TPSA) is 109 Å². The molecule has 0 aliphatic rings. The first kappa shape index (κ1) is 19.9. The SMILES string of the molecule is N#C/C(=C\c1ccc(-c2cc([N+](=O)[O-])ccc2Cl)o1)C(=O)NCc1ccccc1. The molecule has 1 heterocycles. The standard InChI is InChI=1S/C21H14ClN3O4/c22-19-8-6-16(25(27)28)11-18(19)20-9-7-17(29-20)10-15(12-23)21(26)24-13-14-4-2-1-3-5-14/h1-11H,13H2,(H,24,26)/b15-10+. The molecule has 3 aromatic rings. The second kappa shape index (κ2) is 8.87. The van der Waals surface area contributed by atoms with Crippen molar-refractivity contribution in [1.82, 2.24) is 5.32 Å². The molecule has 0 fully saturated rings. The van der Waals surface area contributed by atoms with Gasteiger partial charge in [-0.15, -0.1) is 0 Å². The molecule has 0 saturated heterocycles. The molecular weight excluding hydrogens is 394 g/mol. The fraction of sp³-hybridized carbons (Fsp3) is 0.0476. The zero-order valence-electron chi connectivity index (χ0n) is 15.0. The van der Waals surface area contributed by atoms with Gasteiger partial charge in [-0.25, -0.2) is 0 Å². The Morgan fingerprint density at radius 2 is 1.97 bits per heavy atom. The van der Waals surface area contributed by atoms with Gasteiger partial charge in [0.25, 0.3) is 11.6 Å². The van der Waals surface area contributed by atoms with Crippen molar-refractivity contribution in [1.29, 1.82) is 5.26 Å². The number of nitrogens with zero attached hydrogens (tertiary/aromatic N) is 2. The Hall–Kier alpha value is -3.89. The summed E-state index contributed by atoms with van der Waals surface area (Å²) in [6.45, 7) is 0.283. The molecule has 2 aromatic carbocycles. The first-order valence-corrected chi connectivity index (χ1v) is 8.84. The molecule has 1 amide bonds. The molecule has 0 radical (unpaired) electrons. The summed E-state index contributed by atoms with van der Waals surface area (Å²) in [5.74, 6) is -0.0106. The lowest BCUT2D eigenvalue weighted by Crippen LogP contribution is -2.23. The van der Waals surface area contributed by atoms with Crippen LogP contribution in [0.4, 0.5) is 5.69 Å². The van der Waals surface area contributed by atoms with Crippen LogP contribution in [-0.2, 0) is 11.3 Å². The third-order valence-corrected chi connectivity index (χ3v) is 4.33. The number of non-ortho nitro benzene ring substituents is 1. The highest BCUT2D eigenvalue weighted by Crippen LogP contribution is 2.33. The van der Waals surface area contributed by atoms with Crippen LogP contribution in [0.15, 0.2) is 70.7 Å². The molecule has 0 unspecified atom stereocenters. The van der Waals surface area contributed by atoms with Crippen LogP contribution in [-0.4, -0.2) is 10.8 Å². The Labute approximate surface area is 171 Å². The molecule has 7 nitrogen and oxygen atoms in total. The first-order valence-electron chi connectivity index (χ1n) is 8.46. The van der Waals surface area contributed by atoms with Crippen LogP contribution in [0.1, 0.15) is 11.3 Å². The van der Waals surface area contributed by atoms with E-state index < -0.39 is 10.8 Å². The van der Waals surface area contributed by atoms with E-state index in [2.05, 4.69) is 5.32 Å². The number of carbonyl (C=O) groups is 1. The van der Waals surface area contributed by atoms with E-state index in [1.165, 1.54) is 24.3 Å². The van der Waals surface area contributed by atoms with E-state index >= 15 is 0 Å². The number of nitrogens with one attached hydrogen (secondary N) is 1. The van der Waals surface area contributed by atoms with E-state index in [-0.39, 0.29) is 34.3 Å². The average Bonchev–Trinajstić information content (AvgIpc) is 3.19. The van der Waals surface area contributed by atoms with Gasteiger partial charge in [0.2, 0.25) is 0 Å². The van der Waals surface area contributed by atoms with Crippen LogP contribution >= 0.6 is 11.6 Å². The Morgan fingerprint density at radius 1 is 1.21 bits per heavy atom. The lowest BCUT2D eigenvalue weighted by molar-refractivity contribution is -0.384. The lowest BCUT2D eigenvalue weighted by atomic mass is 10.1.